The molecule has 1 radical (unpaired) electrons. The first-order valence-corrected chi connectivity index (χ1v) is 5.86. The molecule has 2 unspecified atom stereocenters. The van der Waals surface area contributed by atoms with Gasteiger partial charge in [-0.05, 0) is 19.3 Å². The van der Waals surface area contributed by atoms with Crippen LogP contribution in [0.2, 0.25) is 0 Å². The van der Waals surface area contributed by atoms with Crippen LogP contribution >= 0.6 is 0 Å². The standard InChI is InChI=1S/C12H19N2O4/c1-8(12(14)18)6-9(7-15)10(16)4-2-3-5-11(13)17/h8-9H,2-6H2,1H3,(H2,13,17)(H2,14,18). The van der Waals surface area contributed by atoms with E-state index in [1.165, 1.54) is 0 Å². The summed E-state index contributed by atoms with van der Waals surface area (Å²) in [7, 11) is 0. The Kier molecular flexibility index (Phi) is 7.58. The number of amides is 2. The molecule has 6 nitrogen and oxygen atoms in total. The van der Waals surface area contributed by atoms with Crippen LogP contribution in [0.4, 0.5) is 0 Å². The van der Waals surface area contributed by atoms with Gasteiger partial charge in [-0.1, -0.05) is 6.92 Å². The van der Waals surface area contributed by atoms with Crippen LogP contribution in [-0.2, 0) is 19.2 Å². The molecule has 0 saturated carbocycles. The minimum absolute atomic E-state index is 0.0908. The normalized spacial score (nSPS) is 13.6. The lowest BCUT2D eigenvalue weighted by Gasteiger charge is -2.11. The summed E-state index contributed by atoms with van der Waals surface area (Å²) in [5.41, 5.74) is 10.0. The van der Waals surface area contributed by atoms with E-state index in [1.807, 2.05) is 0 Å². The van der Waals surface area contributed by atoms with Crippen LogP contribution in [0.3, 0.4) is 0 Å². The van der Waals surface area contributed by atoms with Gasteiger partial charge in [-0.3, -0.25) is 19.2 Å². The summed E-state index contributed by atoms with van der Waals surface area (Å²) in [6, 6.07) is 0. The van der Waals surface area contributed by atoms with E-state index in [-0.39, 0.29) is 25.0 Å². The molecule has 0 aliphatic heterocycles. The maximum absolute atomic E-state index is 11.6. The van der Waals surface area contributed by atoms with Gasteiger partial charge in [-0.15, -0.1) is 0 Å². The second kappa shape index (κ2) is 8.38. The molecular formula is C12H19N2O4. The van der Waals surface area contributed by atoms with Crippen molar-refractivity contribution in [3.63, 3.8) is 0 Å². The number of carbonyl (C=O) groups is 3. The fourth-order valence-electron chi connectivity index (χ4n) is 1.49. The average Bonchev–Trinajstić information content (AvgIpc) is 2.30. The van der Waals surface area contributed by atoms with E-state index in [0.29, 0.717) is 12.8 Å². The number of Topliss-reactive ketones (excluding diaryl/α,β-unsaturated/α-hetero) is 1. The molecule has 0 bridgehead atoms. The van der Waals surface area contributed by atoms with Crippen molar-refractivity contribution in [1.82, 2.24) is 0 Å². The van der Waals surface area contributed by atoms with E-state index >= 15 is 0 Å². The molecule has 101 valence electrons. The Bertz CT molecular complexity index is 328. The molecule has 0 aliphatic rings. The van der Waals surface area contributed by atoms with E-state index in [2.05, 4.69) is 0 Å². The molecule has 18 heavy (non-hydrogen) atoms. The van der Waals surface area contributed by atoms with Gasteiger partial charge >= 0.3 is 0 Å². The highest BCUT2D eigenvalue weighted by Crippen LogP contribution is 2.14. The van der Waals surface area contributed by atoms with Crippen LogP contribution in [-0.4, -0.2) is 23.9 Å². The van der Waals surface area contributed by atoms with Crippen molar-refractivity contribution in [3.8, 4) is 0 Å². The van der Waals surface area contributed by atoms with Crippen LogP contribution < -0.4 is 11.5 Å². The second-order valence-electron chi connectivity index (χ2n) is 4.35. The maximum atomic E-state index is 11.6. The molecule has 0 saturated heterocycles. The SMILES string of the molecule is CC(CC([C]=O)C(=O)CCCCC(N)=O)C(N)=O. The quantitative estimate of drug-likeness (QED) is 0.416. The molecule has 0 aliphatic carbocycles. The van der Waals surface area contributed by atoms with E-state index in [4.69, 9.17) is 11.5 Å². The Hall–Kier alpha value is -1.72. The average molecular weight is 255 g/mol. The number of ketones is 1. The first-order chi connectivity index (χ1) is 8.38. The Balaban J connectivity index is 4.07. The van der Waals surface area contributed by atoms with Crippen molar-refractivity contribution < 1.29 is 19.2 Å². The smallest absolute Gasteiger partial charge is 0.220 e. The largest absolute Gasteiger partial charge is 0.370 e. The Morgan fingerprint density at radius 1 is 1.11 bits per heavy atom. The van der Waals surface area contributed by atoms with Gasteiger partial charge in [0.25, 0.3) is 0 Å². The molecular weight excluding hydrogens is 236 g/mol. The molecule has 0 aromatic rings. The van der Waals surface area contributed by atoms with Gasteiger partial charge < -0.3 is 11.5 Å². The van der Waals surface area contributed by atoms with Gasteiger partial charge in [0.05, 0.1) is 5.92 Å². The lowest BCUT2D eigenvalue weighted by molar-refractivity contribution is -0.124. The molecule has 0 fully saturated rings. The zero-order chi connectivity index (χ0) is 14.1. The molecule has 6 heteroatoms. The third-order valence-electron chi connectivity index (χ3n) is 2.70. The number of hydrogen-bond donors (Lipinski definition) is 2. The molecule has 4 N–H and O–H groups in total. The third-order valence-corrected chi connectivity index (χ3v) is 2.70. The molecule has 2 atom stereocenters. The molecule has 0 aromatic carbocycles. The highest BCUT2D eigenvalue weighted by Gasteiger charge is 2.23. The first kappa shape index (κ1) is 16.3. The molecule has 2 amide bonds. The zero-order valence-corrected chi connectivity index (χ0v) is 10.5. The summed E-state index contributed by atoms with van der Waals surface area (Å²) in [4.78, 5) is 43.6. The van der Waals surface area contributed by atoms with E-state index in [1.54, 1.807) is 13.2 Å². The van der Waals surface area contributed by atoms with Crippen LogP contribution in [0.5, 0.6) is 0 Å². The van der Waals surface area contributed by atoms with Crippen molar-refractivity contribution in [2.75, 3.05) is 0 Å². The Morgan fingerprint density at radius 3 is 2.11 bits per heavy atom. The lowest BCUT2D eigenvalue weighted by atomic mass is 9.90. The van der Waals surface area contributed by atoms with Crippen LogP contribution in [0.1, 0.15) is 39.0 Å². The predicted octanol–water partition coefficient (Wildman–Crippen LogP) is -0.161. The van der Waals surface area contributed by atoms with Gasteiger partial charge in [0.15, 0.2) is 0 Å². The summed E-state index contributed by atoms with van der Waals surface area (Å²) in [5.74, 6) is -2.69. The molecule has 0 aromatic heterocycles. The predicted molar refractivity (Wildman–Crippen MR) is 64.8 cm³/mol. The van der Waals surface area contributed by atoms with E-state index in [9.17, 15) is 19.2 Å². The summed E-state index contributed by atoms with van der Waals surface area (Å²) in [6.45, 7) is 1.56. The highest BCUT2D eigenvalue weighted by atomic mass is 16.2. The number of unbranched alkanes of at least 4 members (excludes halogenated alkanes) is 1. The van der Waals surface area contributed by atoms with Crippen molar-refractivity contribution in [2.24, 2.45) is 23.3 Å². The summed E-state index contributed by atoms with van der Waals surface area (Å²) >= 11 is 0. The highest BCUT2D eigenvalue weighted by molar-refractivity contribution is 5.94. The first-order valence-electron chi connectivity index (χ1n) is 5.86. The summed E-state index contributed by atoms with van der Waals surface area (Å²) < 4.78 is 0. The van der Waals surface area contributed by atoms with Crippen molar-refractivity contribution in [1.29, 1.82) is 0 Å². The summed E-state index contributed by atoms with van der Waals surface area (Å²) in [6.07, 6.45) is 3.13. The molecule has 0 spiro atoms. The maximum Gasteiger partial charge on any atom is 0.220 e. The second-order valence-corrected chi connectivity index (χ2v) is 4.35. The fourth-order valence-corrected chi connectivity index (χ4v) is 1.49. The molecule has 0 heterocycles. The van der Waals surface area contributed by atoms with Gasteiger partial charge in [0.1, 0.15) is 5.78 Å². The zero-order valence-electron chi connectivity index (χ0n) is 10.5. The van der Waals surface area contributed by atoms with Gasteiger partial charge in [-0.2, -0.15) is 0 Å². The van der Waals surface area contributed by atoms with E-state index < -0.39 is 23.7 Å². The monoisotopic (exact) mass is 255 g/mol. The van der Waals surface area contributed by atoms with Crippen molar-refractivity contribution in [3.05, 3.63) is 0 Å². The number of nitrogens with two attached hydrogens (primary N) is 2. The van der Waals surface area contributed by atoms with Crippen LogP contribution in [0.15, 0.2) is 0 Å². The number of primary amides is 2. The van der Waals surface area contributed by atoms with Crippen LogP contribution in [0.25, 0.3) is 0 Å². The molecule has 0 rings (SSSR count). The van der Waals surface area contributed by atoms with E-state index in [0.717, 1.165) is 0 Å². The lowest BCUT2D eigenvalue weighted by Crippen LogP contribution is -2.26. The Morgan fingerprint density at radius 2 is 1.67 bits per heavy atom. The third kappa shape index (κ3) is 6.78. The fraction of sp³-hybridized carbons (Fsp3) is 0.667. The van der Waals surface area contributed by atoms with Gasteiger partial charge in [-0.25, -0.2) is 0 Å². The summed E-state index contributed by atoms with van der Waals surface area (Å²) in [5, 5.41) is 0. The minimum Gasteiger partial charge on any atom is -0.370 e. The number of carbonyl (C=O) groups excluding carboxylic acids is 4. The Labute approximate surface area is 106 Å². The van der Waals surface area contributed by atoms with Crippen molar-refractivity contribution >= 4 is 23.9 Å². The van der Waals surface area contributed by atoms with Gasteiger partial charge in [0, 0.05) is 18.8 Å². The number of rotatable bonds is 10. The minimum atomic E-state index is -0.916. The topological polar surface area (TPSA) is 120 Å². The number of hydrogen-bond acceptors (Lipinski definition) is 4. The van der Waals surface area contributed by atoms with Crippen LogP contribution in [0, 0.1) is 11.8 Å². The van der Waals surface area contributed by atoms with Crippen molar-refractivity contribution in [2.45, 2.75) is 39.0 Å². The van der Waals surface area contributed by atoms with Gasteiger partial charge in [0.2, 0.25) is 18.1 Å².